The van der Waals surface area contributed by atoms with Gasteiger partial charge in [0, 0.05) is 36.9 Å². The van der Waals surface area contributed by atoms with E-state index in [0.29, 0.717) is 12.5 Å². The van der Waals surface area contributed by atoms with E-state index >= 15 is 0 Å². The standard InChI is InChI=1S/C14H23N3OS/c1-3-12-9-19-13(16-12)11-5-4-6-17(8-11)14(18)10(2)7-15/h9-11H,3-8,15H2,1-2H3. The van der Waals surface area contributed by atoms with Gasteiger partial charge in [-0.05, 0) is 19.3 Å². The molecule has 0 bridgehead atoms. The fraction of sp³-hybridized carbons (Fsp3) is 0.714. The number of amides is 1. The van der Waals surface area contributed by atoms with Crippen LogP contribution in [0.4, 0.5) is 0 Å². The molecular formula is C14H23N3OS. The summed E-state index contributed by atoms with van der Waals surface area (Å²) in [6.07, 6.45) is 3.18. The summed E-state index contributed by atoms with van der Waals surface area (Å²) < 4.78 is 0. The number of thiazole rings is 1. The summed E-state index contributed by atoms with van der Waals surface area (Å²) in [4.78, 5) is 18.8. The van der Waals surface area contributed by atoms with Crippen molar-refractivity contribution < 1.29 is 4.79 Å². The molecule has 0 saturated carbocycles. The summed E-state index contributed by atoms with van der Waals surface area (Å²) in [6.45, 7) is 6.13. The van der Waals surface area contributed by atoms with Gasteiger partial charge in [-0.15, -0.1) is 11.3 Å². The van der Waals surface area contributed by atoms with Gasteiger partial charge in [-0.1, -0.05) is 13.8 Å². The molecule has 0 aromatic carbocycles. The van der Waals surface area contributed by atoms with Crippen LogP contribution in [0, 0.1) is 5.92 Å². The lowest BCUT2D eigenvalue weighted by molar-refractivity contribution is -0.135. The molecule has 1 aliphatic heterocycles. The zero-order chi connectivity index (χ0) is 13.8. The molecule has 5 heteroatoms. The van der Waals surface area contributed by atoms with Gasteiger partial charge in [-0.2, -0.15) is 0 Å². The number of carbonyl (C=O) groups is 1. The molecule has 1 aromatic rings. The van der Waals surface area contributed by atoms with Gasteiger partial charge in [0.1, 0.15) is 0 Å². The van der Waals surface area contributed by atoms with E-state index in [1.165, 1.54) is 10.7 Å². The maximum Gasteiger partial charge on any atom is 0.226 e. The maximum absolute atomic E-state index is 12.2. The summed E-state index contributed by atoms with van der Waals surface area (Å²) in [5.74, 6) is 0.536. The minimum atomic E-state index is -0.0683. The fourth-order valence-electron chi connectivity index (χ4n) is 2.46. The van der Waals surface area contributed by atoms with Crippen molar-refractivity contribution in [3.05, 3.63) is 16.1 Å². The Morgan fingerprint density at radius 1 is 1.68 bits per heavy atom. The molecule has 0 aliphatic carbocycles. The van der Waals surface area contributed by atoms with Gasteiger partial charge in [0.2, 0.25) is 5.91 Å². The van der Waals surface area contributed by atoms with Crippen LogP contribution in [-0.2, 0) is 11.2 Å². The topological polar surface area (TPSA) is 59.2 Å². The van der Waals surface area contributed by atoms with Gasteiger partial charge < -0.3 is 10.6 Å². The highest BCUT2D eigenvalue weighted by Gasteiger charge is 2.28. The Hall–Kier alpha value is -0.940. The largest absolute Gasteiger partial charge is 0.342 e. The number of aromatic nitrogens is 1. The van der Waals surface area contributed by atoms with Gasteiger partial charge in [0.05, 0.1) is 10.7 Å². The van der Waals surface area contributed by atoms with Crippen LogP contribution in [0.1, 0.15) is 43.3 Å². The third kappa shape index (κ3) is 3.34. The maximum atomic E-state index is 12.2. The van der Waals surface area contributed by atoms with Crippen molar-refractivity contribution in [2.24, 2.45) is 11.7 Å². The number of hydrogen-bond donors (Lipinski definition) is 1. The molecule has 1 aromatic heterocycles. The van der Waals surface area contributed by atoms with Gasteiger partial charge in [0.15, 0.2) is 0 Å². The number of nitrogens with zero attached hydrogens (tertiary/aromatic N) is 2. The molecule has 1 fully saturated rings. The molecule has 1 aliphatic rings. The molecule has 4 nitrogen and oxygen atoms in total. The molecule has 2 atom stereocenters. The number of rotatable bonds is 4. The van der Waals surface area contributed by atoms with Crippen molar-refractivity contribution in [1.82, 2.24) is 9.88 Å². The fourth-order valence-corrected chi connectivity index (χ4v) is 3.49. The SMILES string of the molecule is CCc1csc(C2CCCN(C(=O)C(C)CN)C2)n1. The van der Waals surface area contributed by atoms with Crippen molar-refractivity contribution in [2.75, 3.05) is 19.6 Å². The molecule has 2 rings (SSSR count). The average molecular weight is 281 g/mol. The van der Waals surface area contributed by atoms with E-state index in [1.54, 1.807) is 11.3 Å². The lowest BCUT2D eigenvalue weighted by Gasteiger charge is -2.33. The van der Waals surface area contributed by atoms with E-state index in [9.17, 15) is 4.79 Å². The van der Waals surface area contributed by atoms with Crippen LogP contribution in [0.25, 0.3) is 0 Å². The zero-order valence-electron chi connectivity index (χ0n) is 11.8. The second kappa shape index (κ2) is 6.48. The van der Waals surface area contributed by atoms with Crippen LogP contribution < -0.4 is 5.73 Å². The molecule has 0 radical (unpaired) electrons. The molecule has 2 unspecified atom stereocenters. The zero-order valence-corrected chi connectivity index (χ0v) is 12.6. The van der Waals surface area contributed by atoms with E-state index in [2.05, 4.69) is 17.3 Å². The number of aryl methyl sites for hydroxylation is 1. The highest BCUT2D eigenvalue weighted by atomic mass is 32.1. The smallest absolute Gasteiger partial charge is 0.226 e. The van der Waals surface area contributed by atoms with E-state index in [4.69, 9.17) is 5.73 Å². The summed E-state index contributed by atoms with van der Waals surface area (Å²) in [5.41, 5.74) is 6.75. The van der Waals surface area contributed by atoms with Crippen molar-refractivity contribution in [3.63, 3.8) is 0 Å². The molecule has 2 heterocycles. The Labute approximate surface area is 119 Å². The first-order valence-corrected chi connectivity index (χ1v) is 7.96. The summed E-state index contributed by atoms with van der Waals surface area (Å²) in [6, 6.07) is 0. The van der Waals surface area contributed by atoms with Crippen molar-refractivity contribution in [1.29, 1.82) is 0 Å². The van der Waals surface area contributed by atoms with Gasteiger partial charge in [-0.25, -0.2) is 4.98 Å². The number of piperidine rings is 1. The van der Waals surface area contributed by atoms with Gasteiger partial charge in [0.25, 0.3) is 0 Å². The van der Waals surface area contributed by atoms with E-state index in [0.717, 1.165) is 32.4 Å². The molecule has 2 N–H and O–H groups in total. The van der Waals surface area contributed by atoms with Crippen LogP contribution in [-0.4, -0.2) is 35.4 Å². The van der Waals surface area contributed by atoms with Gasteiger partial charge in [-0.3, -0.25) is 4.79 Å². The first kappa shape index (κ1) is 14.5. The summed E-state index contributed by atoms with van der Waals surface area (Å²) in [5, 5.41) is 3.33. The third-order valence-electron chi connectivity index (χ3n) is 3.79. The molecular weight excluding hydrogens is 258 g/mol. The first-order chi connectivity index (χ1) is 9.15. The lowest BCUT2D eigenvalue weighted by atomic mass is 9.97. The number of nitrogens with two attached hydrogens (primary N) is 1. The van der Waals surface area contributed by atoms with Crippen molar-refractivity contribution in [3.8, 4) is 0 Å². The Balaban J connectivity index is 2.02. The first-order valence-electron chi connectivity index (χ1n) is 7.08. The van der Waals surface area contributed by atoms with Gasteiger partial charge >= 0.3 is 0 Å². The number of carbonyl (C=O) groups excluding carboxylic acids is 1. The lowest BCUT2D eigenvalue weighted by Crippen LogP contribution is -2.43. The highest BCUT2D eigenvalue weighted by molar-refractivity contribution is 7.09. The van der Waals surface area contributed by atoms with Crippen LogP contribution in [0.15, 0.2) is 5.38 Å². The Morgan fingerprint density at radius 2 is 2.47 bits per heavy atom. The van der Waals surface area contributed by atoms with Crippen LogP contribution >= 0.6 is 11.3 Å². The number of likely N-dealkylation sites (tertiary alicyclic amines) is 1. The molecule has 106 valence electrons. The molecule has 1 saturated heterocycles. The summed E-state index contributed by atoms with van der Waals surface area (Å²) >= 11 is 1.73. The predicted octanol–water partition coefficient (Wildman–Crippen LogP) is 2.01. The molecule has 0 spiro atoms. The quantitative estimate of drug-likeness (QED) is 0.918. The molecule has 1 amide bonds. The van der Waals surface area contributed by atoms with Crippen LogP contribution in [0.2, 0.25) is 0 Å². The normalized spacial score (nSPS) is 21.4. The minimum Gasteiger partial charge on any atom is -0.342 e. The third-order valence-corrected chi connectivity index (χ3v) is 4.85. The molecule has 19 heavy (non-hydrogen) atoms. The van der Waals surface area contributed by atoms with Crippen LogP contribution in [0.5, 0.6) is 0 Å². The highest BCUT2D eigenvalue weighted by Crippen LogP contribution is 2.29. The van der Waals surface area contributed by atoms with Crippen molar-refractivity contribution >= 4 is 17.2 Å². The van der Waals surface area contributed by atoms with E-state index in [1.807, 2.05) is 11.8 Å². The predicted molar refractivity (Wildman–Crippen MR) is 78.3 cm³/mol. The Morgan fingerprint density at radius 3 is 3.11 bits per heavy atom. The van der Waals surface area contributed by atoms with E-state index in [-0.39, 0.29) is 11.8 Å². The number of hydrogen-bond acceptors (Lipinski definition) is 4. The Kier molecular flexibility index (Phi) is 4.93. The van der Waals surface area contributed by atoms with E-state index < -0.39 is 0 Å². The average Bonchev–Trinajstić information content (AvgIpc) is 2.94. The Bertz CT molecular complexity index is 432. The second-order valence-electron chi connectivity index (χ2n) is 5.29. The minimum absolute atomic E-state index is 0.0683. The van der Waals surface area contributed by atoms with Crippen LogP contribution in [0.3, 0.4) is 0 Å². The monoisotopic (exact) mass is 281 g/mol. The summed E-state index contributed by atoms with van der Waals surface area (Å²) in [7, 11) is 0. The van der Waals surface area contributed by atoms with Crippen molar-refractivity contribution in [2.45, 2.75) is 39.0 Å². The second-order valence-corrected chi connectivity index (χ2v) is 6.18.